The summed E-state index contributed by atoms with van der Waals surface area (Å²) in [6, 6.07) is 0. The molecule has 0 bridgehead atoms. The van der Waals surface area contributed by atoms with Gasteiger partial charge in [0.1, 0.15) is 0 Å². The van der Waals surface area contributed by atoms with Gasteiger partial charge in [0.15, 0.2) is 0 Å². The van der Waals surface area contributed by atoms with Crippen LogP contribution < -0.4 is 0 Å². The highest BCUT2D eigenvalue weighted by Gasteiger charge is 2.41. The summed E-state index contributed by atoms with van der Waals surface area (Å²) in [5.41, 5.74) is 1.57. The Morgan fingerprint density at radius 2 is 2.40 bits per heavy atom. The molecule has 2 rings (SSSR count). The summed E-state index contributed by atoms with van der Waals surface area (Å²) in [7, 11) is 0. The predicted octanol–water partition coefficient (Wildman–Crippen LogP) is 2.43. The Morgan fingerprint density at radius 3 is 3.00 bits per heavy atom. The van der Waals surface area contributed by atoms with Gasteiger partial charge in [-0.15, -0.1) is 0 Å². The van der Waals surface area contributed by atoms with Crippen molar-refractivity contribution in [2.24, 2.45) is 5.41 Å². The summed E-state index contributed by atoms with van der Waals surface area (Å²) < 4.78 is 0. The number of carbonyl (C=O) groups is 1. The predicted molar refractivity (Wildman–Crippen MR) is 77.2 cm³/mol. The third-order valence-corrected chi connectivity index (χ3v) is 3.96. The first kappa shape index (κ1) is 14.8. The zero-order valence-corrected chi connectivity index (χ0v) is 12.2. The van der Waals surface area contributed by atoms with Gasteiger partial charge in [0.05, 0.1) is 11.7 Å². The van der Waals surface area contributed by atoms with E-state index in [1.807, 2.05) is 19.9 Å². The Balaban J connectivity index is 2.08. The highest BCUT2D eigenvalue weighted by Crippen LogP contribution is 2.35. The molecule has 1 aromatic heterocycles. The third kappa shape index (κ3) is 3.48. The van der Waals surface area contributed by atoms with E-state index in [0.717, 1.165) is 31.6 Å². The van der Waals surface area contributed by atoms with Gasteiger partial charge in [-0.3, -0.25) is 9.69 Å². The minimum absolute atomic E-state index is 0.602. The van der Waals surface area contributed by atoms with Gasteiger partial charge in [-0.2, -0.15) is 0 Å². The molecule has 2 heterocycles. The van der Waals surface area contributed by atoms with Crippen LogP contribution in [0.15, 0.2) is 24.2 Å². The third-order valence-electron chi connectivity index (χ3n) is 3.96. The van der Waals surface area contributed by atoms with Crippen LogP contribution in [0, 0.1) is 5.41 Å². The van der Waals surface area contributed by atoms with E-state index in [9.17, 15) is 9.90 Å². The van der Waals surface area contributed by atoms with Crippen LogP contribution in [0.5, 0.6) is 0 Å². The highest BCUT2D eigenvalue weighted by atomic mass is 16.4. The Morgan fingerprint density at radius 1 is 1.60 bits per heavy atom. The Hall–Kier alpha value is -1.62. The van der Waals surface area contributed by atoms with Crippen LogP contribution in [0.25, 0.3) is 0 Å². The summed E-state index contributed by atoms with van der Waals surface area (Å²) in [5, 5.41) is 9.67. The number of carboxylic acid groups (broad SMARTS) is 1. The molecule has 1 atom stereocenters. The van der Waals surface area contributed by atoms with Crippen LogP contribution in [0.1, 0.15) is 38.8 Å². The van der Waals surface area contributed by atoms with Gasteiger partial charge < -0.3 is 10.1 Å². The molecular weight excluding hydrogens is 254 g/mol. The lowest BCUT2D eigenvalue weighted by Crippen LogP contribution is -2.47. The van der Waals surface area contributed by atoms with E-state index in [2.05, 4.69) is 14.9 Å². The molecule has 5 heteroatoms. The number of likely N-dealkylation sites (tertiary alicyclic amines) is 1. The van der Waals surface area contributed by atoms with E-state index in [4.69, 9.17) is 0 Å². The molecule has 1 unspecified atom stereocenters. The van der Waals surface area contributed by atoms with Crippen LogP contribution in [-0.2, 0) is 11.3 Å². The smallest absolute Gasteiger partial charge is 0.311 e. The average molecular weight is 277 g/mol. The second-order valence-corrected chi connectivity index (χ2v) is 5.96. The van der Waals surface area contributed by atoms with Gasteiger partial charge in [-0.25, -0.2) is 4.98 Å². The topological polar surface area (TPSA) is 69.2 Å². The number of aromatic nitrogens is 2. The van der Waals surface area contributed by atoms with Crippen molar-refractivity contribution < 1.29 is 9.90 Å². The number of nitrogens with one attached hydrogen (secondary N) is 1. The van der Waals surface area contributed by atoms with E-state index < -0.39 is 11.4 Å². The standard InChI is InChI=1S/C15H23N3O2/c1-12(2)4-6-15(14(19)20)5-3-7-18(10-15)9-13-8-16-11-17-13/h4,8,11H,3,5-7,9-10H2,1-2H3,(H,16,17)(H,19,20). The lowest BCUT2D eigenvalue weighted by molar-refractivity contribution is -0.152. The Bertz CT molecular complexity index is 477. The van der Waals surface area contributed by atoms with Crippen molar-refractivity contribution >= 4 is 5.97 Å². The molecule has 0 aliphatic carbocycles. The van der Waals surface area contributed by atoms with Crippen LogP contribution in [-0.4, -0.2) is 39.0 Å². The van der Waals surface area contributed by atoms with E-state index in [0.29, 0.717) is 13.0 Å². The van der Waals surface area contributed by atoms with Crippen molar-refractivity contribution in [1.82, 2.24) is 14.9 Å². The molecular formula is C15H23N3O2. The van der Waals surface area contributed by atoms with Crippen molar-refractivity contribution in [2.45, 2.75) is 39.7 Å². The van der Waals surface area contributed by atoms with Crippen molar-refractivity contribution in [2.75, 3.05) is 13.1 Å². The molecule has 1 aliphatic heterocycles. The zero-order valence-electron chi connectivity index (χ0n) is 12.2. The number of nitrogens with zero attached hydrogens (tertiary/aromatic N) is 2. The van der Waals surface area contributed by atoms with E-state index >= 15 is 0 Å². The van der Waals surface area contributed by atoms with Gasteiger partial charge in [-0.05, 0) is 39.7 Å². The van der Waals surface area contributed by atoms with Crippen molar-refractivity contribution in [3.05, 3.63) is 29.9 Å². The average Bonchev–Trinajstić information content (AvgIpc) is 2.89. The molecule has 1 fully saturated rings. The van der Waals surface area contributed by atoms with Crippen molar-refractivity contribution in [3.8, 4) is 0 Å². The fraction of sp³-hybridized carbons (Fsp3) is 0.600. The quantitative estimate of drug-likeness (QED) is 0.811. The minimum Gasteiger partial charge on any atom is -0.481 e. The summed E-state index contributed by atoms with van der Waals surface area (Å²) in [6.45, 7) is 6.32. The first-order valence-corrected chi connectivity index (χ1v) is 7.08. The minimum atomic E-state index is -0.677. The number of allylic oxidation sites excluding steroid dienone is 2. The largest absolute Gasteiger partial charge is 0.481 e. The number of carboxylic acids is 1. The van der Waals surface area contributed by atoms with Gasteiger partial charge in [0.25, 0.3) is 0 Å². The molecule has 20 heavy (non-hydrogen) atoms. The summed E-state index contributed by atoms with van der Waals surface area (Å²) in [4.78, 5) is 21.1. The monoisotopic (exact) mass is 277 g/mol. The summed E-state index contributed by atoms with van der Waals surface area (Å²) >= 11 is 0. The number of piperidine rings is 1. The molecule has 110 valence electrons. The van der Waals surface area contributed by atoms with Crippen LogP contribution in [0.4, 0.5) is 0 Å². The Kier molecular flexibility index (Phi) is 4.60. The van der Waals surface area contributed by atoms with E-state index in [-0.39, 0.29) is 0 Å². The fourth-order valence-corrected chi connectivity index (χ4v) is 2.80. The van der Waals surface area contributed by atoms with Crippen LogP contribution in [0.3, 0.4) is 0 Å². The first-order chi connectivity index (χ1) is 9.52. The molecule has 2 N–H and O–H groups in total. The maximum atomic E-state index is 11.8. The molecule has 1 aliphatic rings. The normalized spacial score (nSPS) is 23.5. The van der Waals surface area contributed by atoms with Crippen molar-refractivity contribution in [1.29, 1.82) is 0 Å². The molecule has 1 saturated heterocycles. The number of imidazole rings is 1. The van der Waals surface area contributed by atoms with Gasteiger partial charge >= 0.3 is 5.97 Å². The van der Waals surface area contributed by atoms with Crippen molar-refractivity contribution in [3.63, 3.8) is 0 Å². The molecule has 0 radical (unpaired) electrons. The zero-order chi connectivity index (χ0) is 14.6. The molecule has 0 spiro atoms. The number of H-pyrrole nitrogens is 1. The number of aromatic amines is 1. The summed E-state index contributed by atoms with van der Waals surface area (Å²) in [5.74, 6) is -0.677. The lowest BCUT2D eigenvalue weighted by atomic mass is 9.76. The second kappa shape index (κ2) is 6.22. The second-order valence-electron chi connectivity index (χ2n) is 5.96. The van der Waals surface area contributed by atoms with Gasteiger partial charge in [-0.1, -0.05) is 11.6 Å². The van der Waals surface area contributed by atoms with Gasteiger partial charge in [0.2, 0.25) is 0 Å². The Labute approximate surface area is 119 Å². The lowest BCUT2D eigenvalue weighted by Gasteiger charge is -2.39. The number of rotatable bonds is 5. The fourth-order valence-electron chi connectivity index (χ4n) is 2.80. The van der Waals surface area contributed by atoms with E-state index in [1.165, 1.54) is 5.57 Å². The van der Waals surface area contributed by atoms with Gasteiger partial charge in [0, 0.05) is 25.0 Å². The molecule has 1 aromatic rings. The number of aliphatic carboxylic acids is 1. The number of hydrogen-bond acceptors (Lipinski definition) is 3. The number of hydrogen-bond donors (Lipinski definition) is 2. The summed E-state index contributed by atoms with van der Waals surface area (Å²) in [6.07, 6.45) is 7.81. The molecule has 0 amide bonds. The first-order valence-electron chi connectivity index (χ1n) is 7.08. The highest BCUT2D eigenvalue weighted by molar-refractivity contribution is 5.75. The van der Waals surface area contributed by atoms with Crippen LogP contribution in [0.2, 0.25) is 0 Å². The molecule has 0 aromatic carbocycles. The molecule has 5 nitrogen and oxygen atoms in total. The SMILES string of the molecule is CC(C)=CCC1(C(=O)O)CCCN(Cc2cnc[nH]2)C1. The van der Waals surface area contributed by atoms with Crippen LogP contribution >= 0.6 is 0 Å². The van der Waals surface area contributed by atoms with E-state index in [1.54, 1.807) is 12.5 Å². The maximum Gasteiger partial charge on any atom is 0.311 e. The molecule has 0 saturated carbocycles. The maximum absolute atomic E-state index is 11.8.